The van der Waals surface area contributed by atoms with Gasteiger partial charge in [0.25, 0.3) is 0 Å². The molecule has 0 aromatic heterocycles. The summed E-state index contributed by atoms with van der Waals surface area (Å²) in [6.07, 6.45) is 6.59. The van der Waals surface area contributed by atoms with Crippen LogP contribution in [0.2, 0.25) is 0 Å². The van der Waals surface area contributed by atoms with E-state index in [0.717, 1.165) is 64.2 Å². The lowest BCUT2D eigenvalue weighted by molar-refractivity contribution is -0.112. The predicted molar refractivity (Wildman–Crippen MR) is 149 cm³/mol. The van der Waals surface area contributed by atoms with Gasteiger partial charge in [0.2, 0.25) is 0 Å². The van der Waals surface area contributed by atoms with Crippen LogP contribution < -0.4 is 9.47 Å². The first-order valence-electron chi connectivity index (χ1n) is 12.7. The summed E-state index contributed by atoms with van der Waals surface area (Å²) < 4.78 is 11.8. The molecule has 1 aliphatic carbocycles. The lowest BCUT2D eigenvalue weighted by atomic mass is 9.87. The Morgan fingerprint density at radius 2 is 0.946 bits per heavy atom. The number of hydrogen-bond acceptors (Lipinski definition) is 3. The van der Waals surface area contributed by atoms with E-state index in [1.807, 2.05) is 121 Å². The van der Waals surface area contributed by atoms with Gasteiger partial charge in [-0.05, 0) is 77.9 Å². The zero-order valence-electron chi connectivity index (χ0n) is 20.8. The summed E-state index contributed by atoms with van der Waals surface area (Å²) in [7, 11) is 0. The second-order valence-electron chi connectivity index (χ2n) is 9.21. The Morgan fingerprint density at radius 3 is 1.35 bits per heavy atom. The Morgan fingerprint density at radius 1 is 0.541 bits per heavy atom. The van der Waals surface area contributed by atoms with E-state index in [9.17, 15) is 4.79 Å². The third-order valence-electron chi connectivity index (χ3n) is 6.41. The zero-order valence-corrected chi connectivity index (χ0v) is 20.8. The number of carbonyl (C=O) groups is 1. The highest BCUT2D eigenvalue weighted by Crippen LogP contribution is 2.29. The summed E-state index contributed by atoms with van der Waals surface area (Å²) in [4.78, 5) is 13.2. The summed E-state index contributed by atoms with van der Waals surface area (Å²) in [5.41, 5.74) is 6.01. The summed E-state index contributed by atoms with van der Waals surface area (Å²) in [5.74, 6) is 1.77. The molecular weight excluding hydrogens is 456 g/mol. The van der Waals surface area contributed by atoms with Crippen LogP contribution in [0.4, 0.5) is 0 Å². The summed E-state index contributed by atoms with van der Waals surface area (Å²) in [6.45, 7) is 1.07. The first-order chi connectivity index (χ1) is 18.2. The lowest BCUT2D eigenvalue weighted by Gasteiger charge is -2.17. The fourth-order valence-corrected chi connectivity index (χ4v) is 4.38. The van der Waals surface area contributed by atoms with Crippen LogP contribution in [-0.2, 0) is 18.0 Å². The van der Waals surface area contributed by atoms with E-state index in [1.54, 1.807) is 0 Å². The van der Waals surface area contributed by atoms with Crippen LogP contribution in [0.1, 0.15) is 41.5 Å². The van der Waals surface area contributed by atoms with Crippen molar-refractivity contribution < 1.29 is 14.3 Å². The van der Waals surface area contributed by atoms with E-state index in [1.165, 1.54) is 0 Å². The molecule has 1 aliphatic rings. The maximum absolute atomic E-state index is 13.2. The number of ether oxygens (including phenoxy) is 2. The van der Waals surface area contributed by atoms with Crippen molar-refractivity contribution >= 4 is 17.9 Å². The average Bonchev–Trinajstić information content (AvgIpc) is 2.95. The second-order valence-corrected chi connectivity index (χ2v) is 9.21. The van der Waals surface area contributed by atoms with Crippen LogP contribution in [0.5, 0.6) is 11.5 Å². The number of hydrogen-bond donors (Lipinski definition) is 0. The van der Waals surface area contributed by atoms with Gasteiger partial charge in [0.1, 0.15) is 24.7 Å². The molecule has 0 heterocycles. The fraction of sp³-hybridized carbons (Fsp3) is 0.147. The maximum Gasteiger partial charge on any atom is 0.185 e. The minimum Gasteiger partial charge on any atom is -0.489 e. The molecular formula is C34H30O3. The molecule has 0 amide bonds. The van der Waals surface area contributed by atoms with Crippen molar-refractivity contribution in [2.24, 2.45) is 0 Å². The SMILES string of the molecule is O=C1/C(=C\c2ccc(OCc3ccccc3)cc2)CCC/C1=C/c1ccc(OCc2ccccc2)cc1. The molecule has 4 aromatic carbocycles. The van der Waals surface area contributed by atoms with Crippen LogP contribution in [0.3, 0.4) is 0 Å². The van der Waals surface area contributed by atoms with E-state index >= 15 is 0 Å². The molecule has 37 heavy (non-hydrogen) atoms. The fourth-order valence-electron chi connectivity index (χ4n) is 4.38. The Kier molecular flexibility index (Phi) is 7.92. The molecule has 1 fully saturated rings. The maximum atomic E-state index is 13.2. The molecule has 1 saturated carbocycles. The first kappa shape index (κ1) is 24.3. The molecule has 0 bridgehead atoms. The normalized spacial score (nSPS) is 15.6. The Balaban J connectivity index is 1.20. The van der Waals surface area contributed by atoms with E-state index < -0.39 is 0 Å². The van der Waals surface area contributed by atoms with Crippen molar-refractivity contribution in [1.82, 2.24) is 0 Å². The van der Waals surface area contributed by atoms with Crippen molar-refractivity contribution in [2.75, 3.05) is 0 Å². The Labute approximate surface area is 218 Å². The molecule has 3 nitrogen and oxygen atoms in total. The topological polar surface area (TPSA) is 35.5 Å². The molecule has 184 valence electrons. The lowest BCUT2D eigenvalue weighted by Crippen LogP contribution is -2.12. The second kappa shape index (κ2) is 12.0. The van der Waals surface area contributed by atoms with Gasteiger partial charge in [-0.2, -0.15) is 0 Å². The number of Topliss-reactive ketones (excluding diaryl/α,β-unsaturated/α-hetero) is 1. The molecule has 0 atom stereocenters. The van der Waals surface area contributed by atoms with Crippen molar-refractivity contribution in [2.45, 2.75) is 32.5 Å². The molecule has 0 unspecified atom stereocenters. The summed E-state index contributed by atoms with van der Waals surface area (Å²) >= 11 is 0. The minimum absolute atomic E-state index is 0.139. The highest BCUT2D eigenvalue weighted by Gasteiger charge is 2.20. The van der Waals surface area contributed by atoms with Crippen LogP contribution in [0, 0.1) is 0 Å². The van der Waals surface area contributed by atoms with Crippen LogP contribution >= 0.6 is 0 Å². The molecule has 0 spiro atoms. The molecule has 0 radical (unpaired) electrons. The van der Waals surface area contributed by atoms with Gasteiger partial charge in [-0.25, -0.2) is 0 Å². The van der Waals surface area contributed by atoms with Crippen LogP contribution in [0.25, 0.3) is 12.2 Å². The van der Waals surface area contributed by atoms with Gasteiger partial charge in [-0.1, -0.05) is 84.9 Å². The summed E-state index contributed by atoms with van der Waals surface area (Å²) in [5, 5.41) is 0. The quantitative estimate of drug-likeness (QED) is 0.236. The van der Waals surface area contributed by atoms with Gasteiger partial charge in [0.05, 0.1) is 0 Å². The Hall–Kier alpha value is -4.37. The highest BCUT2D eigenvalue weighted by atomic mass is 16.5. The van der Waals surface area contributed by atoms with E-state index in [-0.39, 0.29) is 5.78 Å². The van der Waals surface area contributed by atoms with E-state index in [2.05, 4.69) is 0 Å². The van der Waals surface area contributed by atoms with Gasteiger partial charge in [-0.15, -0.1) is 0 Å². The van der Waals surface area contributed by atoms with Crippen molar-refractivity contribution in [1.29, 1.82) is 0 Å². The third-order valence-corrected chi connectivity index (χ3v) is 6.41. The summed E-state index contributed by atoms with van der Waals surface area (Å²) in [6, 6.07) is 36.1. The minimum atomic E-state index is 0.139. The molecule has 4 aromatic rings. The predicted octanol–water partition coefficient (Wildman–Crippen LogP) is 8.06. The van der Waals surface area contributed by atoms with Gasteiger partial charge in [-0.3, -0.25) is 4.79 Å². The highest BCUT2D eigenvalue weighted by molar-refractivity contribution is 6.13. The third kappa shape index (κ3) is 6.86. The van der Waals surface area contributed by atoms with E-state index in [4.69, 9.17) is 9.47 Å². The number of allylic oxidation sites excluding steroid dienone is 2. The van der Waals surface area contributed by atoms with Crippen molar-refractivity contribution in [3.05, 3.63) is 143 Å². The number of ketones is 1. The molecule has 5 rings (SSSR count). The van der Waals surface area contributed by atoms with Crippen LogP contribution in [0.15, 0.2) is 120 Å². The van der Waals surface area contributed by atoms with Crippen LogP contribution in [-0.4, -0.2) is 5.78 Å². The molecule has 0 aliphatic heterocycles. The van der Waals surface area contributed by atoms with Crippen molar-refractivity contribution in [3.8, 4) is 11.5 Å². The largest absolute Gasteiger partial charge is 0.489 e. The van der Waals surface area contributed by atoms with Gasteiger partial charge >= 0.3 is 0 Å². The smallest absolute Gasteiger partial charge is 0.185 e. The molecule has 0 saturated heterocycles. The monoisotopic (exact) mass is 486 g/mol. The standard InChI is InChI=1S/C34H30O3/c35-34-30(22-26-14-18-32(19-15-26)36-24-28-8-3-1-4-9-28)12-7-13-31(34)23-27-16-20-33(21-17-27)37-25-29-10-5-2-6-11-29/h1-6,8-11,14-23H,7,12-13,24-25H2/b30-22-,31-23-. The molecule has 3 heteroatoms. The average molecular weight is 487 g/mol. The zero-order chi connectivity index (χ0) is 25.3. The van der Waals surface area contributed by atoms with Gasteiger partial charge in [0.15, 0.2) is 5.78 Å². The van der Waals surface area contributed by atoms with Gasteiger partial charge in [0, 0.05) is 11.1 Å². The first-order valence-corrected chi connectivity index (χ1v) is 12.7. The molecule has 0 N–H and O–H groups in total. The Bertz CT molecular complexity index is 1260. The number of benzene rings is 4. The van der Waals surface area contributed by atoms with Crippen molar-refractivity contribution in [3.63, 3.8) is 0 Å². The van der Waals surface area contributed by atoms with Gasteiger partial charge < -0.3 is 9.47 Å². The van der Waals surface area contributed by atoms with E-state index in [0.29, 0.717) is 13.2 Å². The number of rotatable bonds is 8. The number of carbonyl (C=O) groups excluding carboxylic acids is 1.